The monoisotopic (exact) mass is 584 g/mol. The van der Waals surface area contributed by atoms with Gasteiger partial charge in [0.25, 0.3) is 11.2 Å². The van der Waals surface area contributed by atoms with Crippen LogP contribution in [0.25, 0.3) is 21.7 Å². The first-order valence-electron chi connectivity index (χ1n) is 12.3. The maximum atomic E-state index is 13.6. The van der Waals surface area contributed by atoms with Gasteiger partial charge in [-0.25, -0.2) is 4.98 Å². The largest absolute Gasteiger partial charge is 0.488 e. The second-order valence-electron chi connectivity index (χ2n) is 10.1. The first kappa shape index (κ1) is 26.2. The average molecular weight is 585 g/mol. The summed E-state index contributed by atoms with van der Waals surface area (Å²) < 4.78 is 8.27. The van der Waals surface area contributed by atoms with Crippen molar-refractivity contribution in [3.63, 3.8) is 0 Å². The number of benzene rings is 4. The Kier molecular flexibility index (Phi) is 7.01. The van der Waals surface area contributed by atoms with E-state index < -0.39 is 10.3 Å². The van der Waals surface area contributed by atoms with Gasteiger partial charge in [0.05, 0.1) is 22.0 Å². The molecule has 0 saturated carbocycles. The minimum absolute atomic E-state index is 0.000855. The summed E-state index contributed by atoms with van der Waals surface area (Å²) in [4.78, 5) is 29.2. The molecule has 1 aromatic heterocycles. The van der Waals surface area contributed by atoms with Crippen LogP contribution in [0.15, 0.2) is 93.2 Å². The molecule has 0 aliphatic carbocycles. The minimum Gasteiger partial charge on any atom is -0.488 e. The summed E-state index contributed by atoms with van der Waals surface area (Å²) in [6.07, 6.45) is 1.62. The smallest absolute Gasteiger partial charge is 0.282 e. The van der Waals surface area contributed by atoms with E-state index >= 15 is 0 Å². The van der Waals surface area contributed by atoms with E-state index in [1.807, 2.05) is 69.3 Å². The van der Waals surface area contributed by atoms with E-state index in [4.69, 9.17) is 9.72 Å². The lowest BCUT2D eigenvalue weighted by atomic mass is 9.95. The van der Waals surface area contributed by atoms with Crippen LogP contribution in [0.3, 0.4) is 0 Å². The van der Waals surface area contributed by atoms with Crippen molar-refractivity contribution in [1.82, 2.24) is 9.66 Å². The number of nitro groups is 1. The molecular weight excluding hydrogens is 560 g/mol. The molecule has 196 valence electrons. The van der Waals surface area contributed by atoms with E-state index in [1.165, 1.54) is 16.8 Å². The fourth-order valence-corrected chi connectivity index (χ4v) is 4.67. The van der Waals surface area contributed by atoms with Crippen molar-refractivity contribution >= 4 is 49.5 Å². The van der Waals surface area contributed by atoms with Crippen molar-refractivity contribution in [2.24, 2.45) is 5.10 Å². The Morgan fingerprint density at radius 1 is 1.03 bits per heavy atom. The van der Waals surface area contributed by atoms with Crippen molar-refractivity contribution in [2.45, 2.75) is 32.8 Å². The van der Waals surface area contributed by atoms with Crippen molar-refractivity contribution < 1.29 is 9.66 Å². The molecule has 9 heteroatoms. The zero-order valence-electron chi connectivity index (χ0n) is 21.6. The number of aromatic nitrogens is 2. The van der Waals surface area contributed by atoms with Gasteiger partial charge in [-0.05, 0) is 40.6 Å². The standard InChI is InChI=1S/C30H25BrN4O4/c1-30(2,3)29-33-26-13-12-21(31)16-24(26)28(36)34(29)32-17-25-23-10-5-4-8-20(23)11-14-27(25)39-18-19-7-6-9-22(15-19)35(37)38/h4-17H,18H2,1-3H3. The highest BCUT2D eigenvalue weighted by atomic mass is 79.9. The number of nitro benzene ring substituents is 1. The van der Waals surface area contributed by atoms with Gasteiger partial charge < -0.3 is 4.74 Å². The Morgan fingerprint density at radius 2 is 1.82 bits per heavy atom. The Labute approximate surface area is 232 Å². The minimum atomic E-state index is -0.460. The Hall–Kier alpha value is -4.37. The lowest BCUT2D eigenvalue weighted by molar-refractivity contribution is -0.384. The molecule has 0 unspecified atom stereocenters. The highest BCUT2D eigenvalue weighted by molar-refractivity contribution is 9.10. The zero-order chi connectivity index (χ0) is 27.7. The molecular formula is C30H25BrN4O4. The molecule has 0 radical (unpaired) electrons. The van der Waals surface area contributed by atoms with E-state index in [2.05, 4.69) is 21.0 Å². The lowest BCUT2D eigenvalue weighted by Gasteiger charge is -2.21. The van der Waals surface area contributed by atoms with Gasteiger partial charge in [-0.2, -0.15) is 9.78 Å². The summed E-state index contributed by atoms with van der Waals surface area (Å²) in [5.74, 6) is 1.06. The van der Waals surface area contributed by atoms with Crippen molar-refractivity contribution in [2.75, 3.05) is 0 Å². The van der Waals surface area contributed by atoms with Crippen molar-refractivity contribution in [3.8, 4) is 5.75 Å². The zero-order valence-corrected chi connectivity index (χ0v) is 23.2. The molecule has 0 N–H and O–H groups in total. The lowest BCUT2D eigenvalue weighted by Crippen LogP contribution is -2.29. The molecule has 1 heterocycles. The Bertz CT molecular complexity index is 1820. The first-order chi connectivity index (χ1) is 18.6. The van der Waals surface area contributed by atoms with Gasteiger partial charge in [0.1, 0.15) is 18.2 Å². The highest BCUT2D eigenvalue weighted by Gasteiger charge is 2.23. The maximum absolute atomic E-state index is 13.6. The predicted molar refractivity (Wildman–Crippen MR) is 157 cm³/mol. The third-order valence-electron chi connectivity index (χ3n) is 6.23. The molecule has 5 rings (SSSR count). The van der Waals surface area contributed by atoms with Gasteiger partial charge in [0.2, 0.25) is 0 Å². The number of hydrogen-bond donors (Lipinski definition) is 0. The van der Waals surface area contributed by atoms with E-state index in [0.717, 1.165) is 15.2 Å². The van der Waals surface area contributed by atoms with Gasteiger partial charge in [-0.15, -0.1) is 0 Å². The Morgan fingerprint density at radius 3 is 2.59 bits per heavy atom. The normalized spacial score (nSPS) is 11.9. The fourth-order valence-electron chi connectivity index (χ4n) is 4.31. The molecule has 0 aliphatic heterocycles. The second kappa shape index (κ2) is 10.4. The van der Waals surface area contributed by atoms with Crippen LogP contribution in [0.5, 0.6) is 5.75 Å². The molecule has 0 fully saturated rings. The second-order valence-corrected chi connectivity index (χ2v) is 11.0. The van der Waals surface area contributed by atoms with Gasteiger partial charge in [-0.3, -0.25) is 14.9 Å². The van der Waals surface area contributed by atoms with Gasteiger partial charge in [0.15, 0.2) is 0 Å². The topological polar surface area (TPSA) is 99.6 Å². The molecule has 0 saturated heterocycles. The molecule has 8 nitrogen and oxygen atoms in total. The quantitative estimate of drug-likeness (QED) is 0.122. The fraction of sp³-hybridized carbons (Fsp3) is 0.167. The van der Waals surface area contributed by atoms with E-state index in [-0.39, 0.29) is 17.9 Å². The van der Waals surface area contributed by atoms with Crippen LogP contribution in [-0.4, -0.2) is 20.8 Å². The molecule has 0 aliphatic rings. The van der Waals surface area contributed by atoms with E-state index in [9.17, 15) is 14.9 Å². The number of non-ortho nitro benzene ring substituents is 1. The van der Waals surface area contributed by atoms with Crippen LogP contribution in [0.1, 0.15) is 37.7 Å². The van der Waals surface area contributed by atoms with Crippen LogP contribution in [0.4, 0.5) is 5.69 Å². The molecule has 5 aromatic rings. The van der Waals surface area contributed by atoms with Crippen LogP contribution in [-0.2, 0) is 12.0 Å². The van der Waals surface area contributed by atoms with Crippen molar-refractivity contribution in [3.05, 3.63) is 121 Å². The summed E-state index contributed by atoms with van der Waals surface area (Å²) in [7, 11) is 0. The summed E-state index contributed by atoms with van der Waals surface area (Å²) >= 11 is 3.44. The van der Waals surface area contributed by atoms with Crippen LogP contribution in [0.2, 0.25) is 0 Å². The number of fused-ring (bicyclic) bond motifs is 2. The summed E-state index contributed by atoms with van der Waals surface area (Å²) in [6.45, 7) is 6.07. The number of hydrogen-bond acceptors (Lipinski definition) is 6. The van der Waals surface area contributed by atoms with E-state index in [0.29, 0.717) is 33.6 Å². The number of nitrogens with zero attached hydrogens (tertiary/aromatic N) is 4. The molecule has 4 aromatic carbocycles. The number of rotatable bonds is 6. The molecule has 39 heavy (non-hydrogen) atoms. The van der Waals surface area contributed by atoms with Gasteiger partial charge in [0, 0.05) is 27.6 Å². The van der Waals surface area contributed by atoms with Crippen molar-refractivity contribution in [1.29, 1.82) is 0 Å². The third kappa shape index (κ3) is 5.44. The van der Waals surface area contributed by atoms with Gasteiger partial charge >= 0.3 is 0 Å². The first-order valence-corrected chi connectivity index (χ1v) is 13.1. The highest BCUT2D eigenvalue weighted by Crippen LogP contribution is 2.29. The third-order valence-corrected chi connectivity index (χ3v) is 6.72. The van der Waals surface area contributed by atoms with E-state index in [1.54, 1.807) is 24.4 Å². The maximum Gasteiger partial charge on any atom is 0.282 e. The molecule has 0 bridgehead atoms. The average Bonchev–Trinajstić information content (AvgIpc) is 2.91. The van der Waals surface area contributed by atoms with Crippen LogP contribution >= 0.6 is 15.9 Å². The molecule has 0 amide bonds. The molecule has 0 atom stereocenters. The van der Waals surface area contributed by atoms with Crippen LogP contribution < -0.4 is 10.3 Å². The molecule has 0 spiro atoms. The predicted octanol–water partition coefficient (Wildman–Crippen LogP) is 6.98. The van der Waals surface area contributed by atoms with Gasteiger partial charge in [-0.1, -0.05) is 79.2 Å². The number of ether oxygens (including phenoxy) is 1. The Balaban J connectivity index is 1.62. The van der Waals surface area contributed by atoms with Crippen LogP contribution in [0, 0.1) is 10.1 Å². The summed E-state index contributed by atoms with van der Waals surface area (Å²) in [5.41, 5.74) is 1.21. The summed E-state index contributed by atoms with van der Waals surface area (Å²) in [6, 6.07) is 23.3. The SMILES string of the molecule is CC(C)(C)c1nc2ccc(Br)cc2c(=O)n1N=Cc1c(OCc2cccc([N+](=O)[O-])c2)ccc2ccccc12. The number of halogens is 1. The summed E-state index contributed by atoms with van der Waals surface area (Å²) in [5, 5.41) is 18.2.